The Morgan fingerprint density at radius 3 is 2.44 bits per heavy atom. The third-order valence-electron chi connectivity index (χ3n) is 4.77. The molecular weight excluding hydrogens is 322 g/mol. The molecule has 0 spiro atoms. The SMILES string of the molecule is COc1cc2c(cc1OC)CN1COc3cc4c(cc3C1=C2)OCO4. The molecule has 2 aromatic carbocycles. The Labute approximate surface area is 145 Å². The predicted molar refractivity (Wildman–Crippen MR) is 91.0 cm³/mol. The maximum atomic E-state index is 5.93. The van der Waals surface area contributed by atoms with Gasteiger partial charge in [0, 0.05) is 18.2 Å². The van der Waals surface area contributed by atoms with E-state index >= 15 is 0 Å². The van der Waals surface area contributed by atoms with Gasteiger partial charge in [-0.05, 0) is 35.4 Å². The molecule has 3 heterocycles. The number of hydrogen-bond acceptors (Lipinski definition) is 6. The molecule has 6 nitrogen and oxygen atoms in total. The van der Waals surface area contributed by atoms with Crippen molar-refractivity contribution in [1.82, 2.24) is 4.90 Å². The highest BCUT2D eigenvalue weighted by atomic mass is 16.7. The summed E-state index contributed by atoms with van der Waals surface area (Å²) in [5, 5.41) is 0. The van der Waals surface area contributed by atoms with Crippen LogP contribution in [0.1, 0.15) is 16.7 Å². The molecule has 3 aliphatic heterocycles. The number of fused-ring (bicyclic) bond motifs is 5. The van der Waals surface area contributed by atoms with Gasteiger partial charge >= 0.3 is 0 Å². The lowest BCUT2D eigenvalue weighted by Gasteiger charge is -2.36. The molecule has 2 aromatic rings. The highest BCUT2D eigenvalue weighted by molar-refractivity contribution is 5.87. The van der Waals surface area contributed by atoms with Crippen LogP contribution in [0.2, 0.25) is 0 Å². The van der Waals surface area contributed by atoms with Crippen LogP contribution in [0.5, 0.6) is 28.7 Å². The second kappa shape index (κ2) is 5.24. The quantitative estimate of drug-likeness (QED) is 0.838. The number of methoxy groups -OCH3 is 2. The molecule has 128 valence electrons. The van der Waals surface area contributed by atoms with E-state index in [2.05, 4.69) is 11.0 Å². The summed E-state index contributed by atoms with van der Waals surface area (Å²) in [4.78, 5) is 2.19. The van der Waals surface area contributed by atoms with Gasteiger partial charge in [0.2, 0.25) is 6.79 Å². The molecule has 0 atom stereocenters. The summed E-state index contributed by atoms with van der Waals surface area (Å²) < 4.78 is 27.8. The van der Waals surface area contributed by atoms with Gasteiger partial charge in [0.25, 0.3) is 0 Å². The van der Waals surface area contributed by atoms with Crippen LogP contribution in [-0.2, 0) is 6.54 Å². The van der Waals surface area contributed by atoms with Crippen LogP contribution in [0.3, 0.4) is 0 Å². The molecule has 0 saturated heterocycles. The van der Waals surface area contributed by atoms with Gasteiger partial charge in [0.15, 0.2) is 29.7 Å². The Morgan fingerprint density at radius 1 is 0.880 bits per heavy atom. The zero-order chi connectivity index (χ0) is 17.0. The number of rotatable bonds is 2. The van der Waals surface area contributed by atoms with Crippen molar-refractivity contribution in [1.29, 1.82) is 0 Å². The molecular formula is C19H17NO5. The van der Waals surface area contributed by atoms with Crippen LogP contribution >= 0.6 is 0 Å². The van der Waals surface area contributed by atoms with Gasteiger partial charge in [0.05, 0.1) is 19.9 Å². The smallest absolute Gasteiger partial charge is 0.231 e. The first kappa shape index (κ1) is 14.3. The molecule has 0 fully saturated rings. The average molecular weight is 339 g/mol. The second-order valence-electron chi connectivity index (χ2n) is 6.11. The van der Waals surface area contributed by atoms with Crippen LogP contribution in [0, 0.1) is 0 Å². The highest BCUT2D eigenvalue weighted by Gasteiger charge is 2.30. The predicted octanol–water partition coefficient (Wildman–Crippen LogP) is 3.10. The fourth-order valence-electron chi connectivity index (χ4n) is 3.49. The Balaban J connectivity index is 1.65. The number of hydrogen-bond donors (Lipinski definition) is 0. The summed E-state index contributed by atoms with van der Waals surface area (Å²) in [5.74, 6) is 3.76. The second-order valence-corrected chi connectivity index (χ2v) is 6.11. The first-order chi connectivity index (χ1) is 12.3. The minimum Gasteiger partial charge on any atom is -0.493 e. The monoisotopic (exact) mass is 339 g/mol. The van der Waals surface area contributed by atoms with E-state index in [1.165, 1.54) is 5.56 Å². The first-order valence-electron chi connectivity index (χ1n) is 8.05. The lowest BCUT2D eigenvalue weighted by atomic mass is 9.96. The van der Waals surface area contributed by atoms with Gasteiger partial charge in [-0.15, -0.1) is 0 Å². The van der Waals surface area contributed by atoms with Crippen molar-refractivity contribution in [3.05, 3.63) is 41.0 Å². The van der Waals surface area contributed by atoms with E-state index in [-0.39, 0.29) is 6.79 Å². The van der Waals surface area contributed by atoms with E-state index in [9.17, 15) is 0 Å². The van der Waals surface area contributed by atoms with Crippen LogP contribution < -0.4 is 23.7 Å². The van der Waals surface area contributed by atoms with Crippen molar-refractivity contribution in [2.45, 2.75) is 6.54 Å². The van der Waals surface area contributed by atoms with Gasteiger partial charge in [-0.3, -0.25) is 0 Å². The first-order valence-corrected chi connectivity index (χ1v) is 8.05. The zero-order valence-electron chi connectivity index (χ0n) is 14.0. The average Bonchev–Trinajstić information content (AvgIpc) is 3.11. The van der Waals surface area contributed by atoms with E-state index in [1.807, 2.05) is 24.3 Å². The molecule has 0 aliphatic carbocycles. The summed E-state index contributed by atoms with van der Waals surface area (Å²) >= 11 is 0. The largest absolute Gasteiger partial charge is 0.493 e. The molecule has 0 bridgehead atoms. The number of nitrogens with zero attached hydrogens (tertiary/aromatic N) is 1. The molecule has 0 unspecified atom stereocenters. The normalized spacial score (nSPS) is 16.2. The maximum Gasteiger partial charge on any atom is 0.231 e. The number of ether oxygens (including phenoxy) is 5. The molecule has 25 heavy (non-hydrogen) atoms. The standard InChI is InChI=1S/C19H17NO5/c1-21-16-4-11-3-14-13-6-18-19(25-10-24-18)7-15(13)23-9-20(14)8-12(11)5-17(16)22-2/h3-7H,8-10H2,1-2H3. The third kappa shape index (κ3) is 2.10. The van der Waals surface area contributed by atoms with Crippen molar-refractivity contribution in [3.63, 3.8) is 0 Å². The summed E-state index contributed by atoms with van der Waals surface area (Å²) in [5.41, 5.74) is 4.42. The Kier molecular flexibility index (Phi) is 3.00. The van der Waals surface area contributed by atoms with Crippen LogP contribution in [0.15, 0.2) is 24.3 Å². The van der Waals surface area contributed by atoms with Gasteiger partial charge in [-0.25, -0.2) is 0 Å². The molecule has 0 saturated carbocycles. The molecule has 0 N–H and O–H groups in total. The number of benzene rings is 2. The van der Waals surface area contributed by atoms with Crippen LogP contribution in [0.25, 0.3) is 11.8 Å². The summed E-state index contributed by atoms with van der Waals surface area (Å²) in [6.45, 7) is 1.49. The van der Waals surface area contributed by atoms with Gasteiger partial charge < -0.3 is 28.6 Å². The topological polar surface area (TPSA) is 49.4 Å². The summed E-state index contributed by atoms with van der Waals surface area (Å²) in [6, 6.07) is 7.93. The molecule has 0 radical (unpaired) electrons. The van der Waals surface area contributed by atoms with Crippen molar-refractivity contribution in [2.75, 3.05) is 27.7 Å². The lowest BCUT2D eigenvalue weighted by Crippen LogP contribution is -2.32. The van der Waals surface area contributed by atoms with Crippen LogP contribution in [0.4, 0.5) is 0 Å². The van der Waals surface area contributed by atoms with E-state index in [0.29, 0.717) is 6.73 Å². The third-order valence-corrected chi connectivity index (χ3v) is 4.77. The molecule has 3 aliphatic rings. The van der Waals surface area contributed by atoms with Crippen molar-refractivity contribution in [3.8, 4) is 28.7 Å². The van der Waals surface area contributed by atoms with Gasteiger partial charge in [-0.1, -0.05) is 0 Å². The Hall–Kier alpha value is -3.02. The van der Waals surface area contributed by atoms with Crippen LogP contribution in [-0.4, -0.2) is 32.6 Å². The summed E-state index contributed by atoms with van der Waals surface area (Å²) in [6.07, 6.45) is 2.16. The molecule has 0 aromatic heterocycles. The van der Waals surface area contributed by atoms with Gasteiger partial charge in [0.1, 0.15) is 5.75 Å². The van der Waals surface area contributed by atoms with Gasteiger partial charge in [-0.2, -0.15) is 0 Å². The molecule has 0 amide bonds. The fraction of sp³-hybridized carbons (Fsp3) is 0.263. The van der Waals surface area contributed by atoms with E-state index in [1.54, 1.807) is 14.2 Å². The van der Waals surface area contributed by atoms with E-state index < -0.39 is 0 Å². The fourth-order valence-corrected chi connectivity index (χ4v) is 3.49. The molecule has 6 heteroatoms. The zero-order valence-corrected chi connectivity index (χ0v) is 14.0. The minimum absolute atomic E-state index is 0.251. The minimum atomic E-state index is 0.251. The van der Waals surface area contributed by atoms with Crippen molar-refractivity contribution in [2.24, 2.45) is 0 Å². The highest BCUT2D eigenvalue weighted by Crippen LogP contribution is 2.46. The van der Waals surface area contributed by atoms with E-state index in [4.69, 9.17) is 23.7 Å². The Bertz CT molecular complexity index is 905. The Morgan fingerprint density at radius 2 is 1.64 bits per heavy atom. The van der Waals surface area contributed by atoms with Crippen molar-refractivity contribution >= 4 is 11.8 Å². The molecule has 5 rings (SSSR count). The summed E-state index contributed by atoms with van der Waals surface area (Å²) in [7, 11) is 3.30. The van der Waals surface area contributed by atoms with Crippen molar-refractivity contribution < 1.29 is 23.7 Å². The maximum absolute atomic E-state index is 5.93. The van der Waals surface area contributed by atoms with E-state index in [0.717, 1.165) is 52.1 Å². The lowest BCUT2D eigenvalue weighted by molar-refractivity contribution is 0.161.